The number of carbonyl (C=O) groups excluding carboxylic acids is 1. The van der Waals surface area contributed by atoms with Crippen LogP contribution in [0.15, 0.2) is 30.3 Å². The van der Waals surface area contributed by atoms with E-state index in [4.69, 9.17) is 4.74 Å². The third-order valence-electron chi connectivity index (χ3n) is 3.98. The molecule has 3 unspecified atom stereocenters. The fourth-order valence-corrected chi connectivity index (χ4v) is 2.89. The minimum Gasteiger partial charge on any atom is -0.371 e. The Balaban J connectivity index is 1.65. The lowest BCUT2D eigenvalue weighted by Crippen LogP contribution is -2.41. The van der Waals surface area contributed by atoms with E-state index in [-0.39, 0.29) is 24.0 Å². The zero-order valence-corrected chi connectivity index (χ0v) is 11.0. The lowest BCUT2D eigenvalue weighted by atomic mass is 10.0. The summed E-state index contributed by atoms with van der Waals surface area (Å²) in [6.45, 7) is 2.46. The smallest absolute Gasteiger partial charge is 0.224 e. The first-order chi connectivity index (χ1) is 9.34. The quantitative estimate of drug-likeness (QED) is 0.860. The third-order valence-corrected chi connectivity index (χ3v) is 3.98. The second kappa shape index (κ2) is 5.72. The molecule has 2 aliphatic rings. The van der Waals surface area contributed by atoms with Crippen LogP contribution in [0.4, 0.5) is 0 Å². The fraction of sp³-hybridized carbons (Fsp3) is 0.533. The molecule has 2 aliphatic heterocycles. The molecular weight excluding hydrogens is 240 g/mol. The van der Waals surface area contributed by atoms with Crippen LogP contribution in [-0.2, 0) is 9.53 Å². The van der Waals surface area contributed by atoms with E-state index in [9.17, 15) is 4.79 Å². The molecule has 2 N–H and O–H groups in total. The van der Waals surface area contributed by atoms with Crippen LogP contribution in [0.2, 0.25) is 0 Å². The first-order valence-electron chi connectivity index (χ1n) is 7.02. The Kier molecular flexibility index (Phi) is 3.80. The molecule has 0 aromatic heterocycles. The van der Waals surface area contributed by atoms with Gasteiger partial charge in [-0.3, -0.25) is 4.79 Å². The molecular formula is C15H20N2O2. The molecule has 0 bridgehead atoms. The van der Waals surface area contributed by atoms with Crippen LogP contribution < -0.4 is 10.6 Å². The second-order valence-electron chi connectivity index (χ2n) is 5.30. The van der Waals surface area contributed by atoms with E-state index >= 15 is 0 Å². The van der Waals surface area contributed by atoms with Crippen molar-refractivity contribution in [1.82, 2.24) is 10.6 Å². The molecule has 0 saturated carbocycles. The van der Waals surface area contributed by atoms with E-state index in [2.05, 4.69) is 22.8 Å². The van der Waals surface area contributed by atoms with Gasteiger partial charge in [0.25, 0.3) is 0 Å². The highest BCUT2D eigenvalue weighted by Gasteiger charge is 2.33. The molecule has 0 aliphatic carbocycles. The number of carbonyl (C=O) groups is 1. The van der Waals surface area contributed by atoms with Gasteiger partial charge in [-0.05, 0) is 24.9 Å². The molecule has 0 radical (unpaired) electrons. The monoisotopic (exact) mass is 260 g/mol. The van der Waals surface area contributed by atoms with Crippen molar-refractivity contribution in [3.8, 4) is 0 Å². The maximum Gasteiger partial charge on any atom is 0.224 e. The summed E-state index contributed by atoms with van der Waals surface area (Å²) in [5.74, 6) is 0.290. The van der Waals surface area contributed by atoms with Crippen molar-refractivity contribution in [2.75, 3.05) is 19.7 Å². The van der Waals surface area contributed by atoms with Crippen LogP contribution in [0.25, 0.3) is 0 Å². The molecule has 19 heavy (non-hydrogen) atoms. The second-order valence-corrected chi connectivity index (χ2v) is 5.30. The van der Waals surface area contributed by atoms with Gasteiger partial charge in [-0.1, -0.05) is 30.3 Å². The summed E-state index contributed by atoms with van der Waals surface area (Å²) >= 11 is 0. The average molecular weight is 260 g/mol. The maximum atomic E-state index is 12.2. The Morgan fingerprint density at radius 2 is 2.11 bits per heavy atom. The number of hydrogen-bond donors (Lipinski definition) is 2. The van der Waals surface area contributed by atoms with E-state index in [0.29, 0.717) is 6.61 Å². The van der Waals surface area contributed by atoms with E-state index in [1.165, 1.54) is 0 Å². The molecule has 2 fully saturated rings. The summed E-state index contributed by atoms with van der Waals surface area (Å²) in [5.41, 5.74) is 1.15. The molecule has 4 heteroatoms. The molecule has 102 valence electrons. The number of hydrogen-bond acceptors (Lipinski definition) is 3. The Morgan fingerprint density at radius 1 is 1.26 bits per heavy atom. The molecule has 1 amide bonds. The minimum atomic E-state index is -0.000452. The summed E-state index contributed by atoms with van der Waals surface area (Å²) in [7, 11) is 0. The number of ether oxygens (including phenoxy) is 1. The van der Waals surface area contributed by atoms with Crippen LogP contribution in [0, 0.1) is 5.92 Å². The van der Waals surface area contributed by atoms with Crippen molar-refractivity contribution < 1.29 is 9.53 Å². The lowest BCUT2D eigenvalue weighted by Gasteiger charge is -2.21. The Morgan fingerprint density at radius 3 is 2.84 bits per heavy atom. The zero-order chi connectivity index (χ0) is 13.1. The standard InChI is InChI=1S/C15H20N2O2/c18-15(12-6-8-16-10-12)17-13-7-9-19-14(13)11-4-2-1-3-5-11/h1-5,12-14,16H,6-10H2,(H,17,18). The van der Waals surface area contributed by atoms with E-state index in [1.54, 1.807) is 0 Å². The molecule has 0 spiro atoms. The van der Waals surface area contributed by atoms with Crippen molar-refractivity contribution in [3.63, 3.8) is 0 Å². The van der Waals surface area contributed by atoms with Gasteiger partial charge in [0.1, 0.15) is 6.10 Å². The first kappa shape index (κ1) is 12.6. The molecule has 1 aromatic carbocycles. The van der Waals surface area contributed by atoms with Gasteiger partial charge in [0.2, 0.25) is 5.91 Å². The van der Waals surface area contributed by atoms with Crippen LogP contribution >= 0.6 is 0 Å². The predicted octanol–water partition coefficient (Wildman–Crippen LogP) is 1.24. The molecule has 2 heterocycles. The van der Waals surface area contributed by atoms with E-state index < -0.39 is 0 Å². The minimum absolute atomic E-state index is 0.000452. The molecule has 1 aromatic rings. The van der Waals surface area contributed by atoms with Crippen molar-refractivity contribution >= 4 is 5.91 Å². The molecule has 4 nitrogen and oxygen atoms in total. The van der Waals surface area contributed by atoms with Crippen LogP contribution in [0.1, 0.15) is 24.5 Å². The topological polar surface area (TPSA) is 50.4 Å². The summed E-state index contributed by atoms with van der Waals surface area (Å²) < 4.78 is 5.78. The van der Waals surface area contributed by atoms with Gasteiger partial charge >= 0.3 is 0 Å². The van der Waals surface area contributed by atoms with Gasteiger partial charge in [0.15, 0.2) is 0 Å². The van der Waals surface area contributed by atoms with E-state index in [1.807, 2.05) is 18.2 Å². The van der Waals surface area contributed by atoms with E-state index in [0.717, 1.165) is 31.5 Å². The van der Waals surface area contributed by atoms with Gasteiger partial charge < -0.3 is 15.4 Å². The first-order valence-corrected chi connectivity index (χ1v) is 7.02. The van der Waals surface area contributed by atoms with Crippen LogP contribution in [0.3, 0.4) is 0 Å². The van der Waals surface area contributed by atoms with Gasteiger partial charge in [0.05, 0.1) is 12.0 Å². The molecule has 3 atom stereocenters. The summed E-state index contributed by atoms with van der Waals surface area (Å²) in [6.07, 6.45) is 1.83. The third kappa shape index (κ3) is 2.80. The molecule has 3 rings (SSSR count). The van der Waals surface area contributed by atoms with Crippen molar-refractivity contribution in [1.29, 1.82) is 0 Å². The van der Waals surface area contributed by atoms with Crippen molar-refractivity contribution in [2.24, 2.45) is 5.92 Å². The normalized spacial score (nSPS) is 30.4. The Labute approximate surface area is 113 Å². The Bertz CT molecular complexity index is 429. The largest absolute Gasteiger partial charge is 0.371 e. The Hall–Kier alpha value is -1.39. The molecule has 2 saturated heterocycles. The SMILES string of the molecule is O=C(NC1CCOC1c1ccccc1)C1CCNC1. The van der Waals surface area contributed by atoms with Gasteiger partial charge in [-0.2, -0.15) is 0 Å². The number of nitrogens with one attached hydrogen (secondary N) is 2. The number of benzene rings is 1. The summed E-state index contributed by atoms with van der Waals surface area (Å²) in [4.78, 5) is 12.2. The number of amides is 1. The maximum absolute atomic E-state index is 12.2. The predicted molar refractivity (Wildman–Crippen MR) is 72.7 cm³/mol. The highest BCUT2D eigenvalue weighted by molar-refractivity contribution is 5.79. The van der Waals surface area contributed by atoms with Gasteiger partial charge in [0, 0.05) is 13.2 Å². The van der Waals surface area contributed by atoms with Gasteiger partial charge in [-0.15, -0.1) is 0 Å². The summed E-state index contributed by atoms with van der Waals surface area (Å²) in [6, 6.07) is 10.2. The highest BCUT2D eigenvalue weighted by atomic mass is 16.5. The van der Waals surface area contributed by atoms with Crippen LogP contribution in [-0.4, -0.2) is 31.6 Å². The summed E-state index contributed by atoms with van der Waals surface area (Å²) in [5, 5.41) is 6.39. The lowest BCUT2D eigenvalue weighted by molar-refractivity contribution is -0.125. The number of rotatable bonds is 3. The van der Waals surface area contributed by atoms with Crippen molar-refractivity contribution in [3.05, 3.63) is 35.9 Å². The highest BCUT2D eigenvalue weighted by Crippen LogP contribution is 2.29. The fourth-order valence-electron chi connectivity index (χ4n) is 2.89. The zero-order valence-electron chi connectivity index (χ0n) is 11.0. The average Bonchev–Trinajstić information content (AvgIpc) is 3.11. The van der Waals surface area contributed by atoms with Crippen molar-refractivity contribution in [2.45, 2.75) is 25.0 Å². The van der Waals surface area contributed by atoms with Gasteiger partial charge in [-0.25, -0.2) is 0 Å². The van der Waals surface area contributed by atoms with Crippen LogP contribution in [0.5, 0.6) is 0 Å².